The van der Waals surface area contributed by atoms with Gasteiger partial charge in [0.15, 0.2) is 0 Å². The van der Waals surface area contributed by atoms with Gasteiger partial charge in [-0.3, -0.25) is 0 Å². The SMILES string of the molecule is CCOC1CC(CC(O)c2cccc(C(F)(F)F)c2)C1. The Morgan fingerprint density at radius 3 is 2.65 bits per heavy atom. The van der Waals surface area contributed by atoms with E-state index in [1.165, 1.54) is 6.07 Å². The predicted molar refractivity (Wildman–Crippen MR) is 69.2 cm³/mol. The molecule has 20 heavy (non-hydrogen) atoms. The molecule has 1 aliphatic rings. The summed E-state index contributed by atoms with van der Waals surface area (Å²) >= 11 is 0. The molecule has 1 aromatic rings. The molecule has 0 bridgehead atoms. The van der Waals surface area contributed by atoms with Crippen LogP contribution in [0.15, 0.2) is 24.3 Å². The Morgan fingerprint density at radius 2 is 2.05 bits per heavy atom. The minimum Gasteiger partial charge on any atom is -0.388 e. The lowest BCUT2D eigenvalue weighted by Gasteiger charge is -2.36. The van der Waals surface area contributed by atoms with Gasteiger partial charge < -0.3 is 9.84 Å². The number of alkyl halides is 3. The molecule has 0 radical (unpaired) electrons. The van der Waals surface area contributed by atoms with Crippen molar-refractivity contribution in [3.05, 3.63) is 35.4 Å². The first-order chi connectivity index (χ1) is 9.40. The van der Waals surface area contributed by atoms with Crippen LogP contribution in [-0.2, 0) is 10.9 Å². The molecule has 1 atom stereocenters. The maximum Gasteiger partial charge on any atom is 0.416 e. The van der Waals surface area contributed by atoms with Gasteiger partial charge >= 0.3 is 6.18 Å². The van der Waals surface area contributed by atoms with Crippen LogP contribution in [0.2, 0.25) is 0 Å². The highest BCUT2D eigenvalue weighted by atomic mass is 19.4. The van der Waals surface area contributed by atoms with Crippen LogP contribution in [0.25, 0.3) is 0 Å². The number of benzene rings is 1. The van der Waals surface area contributed by atoms with Gasteiger partial charge in [0.05, 0.1) is 17.8 Å². The predicted octanol–water partition coefficient (Wildman–Crippen LogP) is 3.94. The molecule has 1 aliphatic carbocycles. The van der Waals surface area contributed by atoms with Crippen molar-refractivity contribution in [3.8, 4) is 0 Å². The number of aliphatic hydroxyl groups excluding tert-OH is 1. The zero-order valence-electron chi connectivity index (χ0n) is 11.4. The number of ether oxygens (including phenoxy) is 1. The first-order valence-corrected chi connectivity index (χ1v) is 6.87. The van der Waals surface area contributed by atoms with Gasteiger partial charge in [-0.2, -0.15) is 13.2 Å². The van der Waals surface area contributed by atoms with E-state index in [0.29, 0.717) is 24.5 Å². The molecule has 1 unspecified atom stereocenters. The third-order valence-electron chi connectivity index (χ3n) is 3.75. The lowest BCUT2D eigenvalue weighted by Crippen LogP contribution is -2.32. The molecule has 1 aromatic carbocycles. The molecule has 1 saturated carbocycles. The summed E-state index contributed by atoms with van der Waals surface area (Å²) in [5.74, 6) is 0.330. The zero-order chi connectivity index (χ0) is 14.8. The molecule has 1 N–H and O–H groups in total. The van der Waals surface area contributed by atoms with Gasteiger partial charge in [-0.05, 0) is 49.8 Å². The summed E-state index contributed by atoms with van der Waals surface area (Å²) in [6.07, 6.45) is -2.71. The van der Waals surface area contributed by atoms with Crippen molar-refractivity contribution in [2.75, 3.05) is 6.61 Å². The summed E-state index contributed by atoms with van der Waals surface area (Å²) in [6, 6.07) is 4.93. The summed E-state index contributed by atoms with van der Waals surface area (Å²) in [6.45, 7) is 2.61. The van der Waals surface area contributed by atoms with Gasteiger partial charge in [0.2, 0.25) is 0 Å². The van der Waals surface area contributed by atoms with Gasteiger partial charge in [0.1, 0.15) is 0 Å². The Kier molecular flexibility index (Phi) is 4.70. The molecular formula is C15H19F3O2. The van der Waals surface area contributed by atoms with E-state index in [4.69, 9.17) is 4.74 Å². The lowest BCUT2D eigenvalue weighted by atomic mass is 9.78. The van der Waals surface area contributed by atoms with Crippen molar-refractivity contribution < 1.29 is 23.0 Å². The van der Waals surface area contributed by atoms with Gasteiger partial charge in [-0.25, -0.2) is 0 Å². The van der Waals surface area contributed by atoms with E-state index in [2.05, 4.69) is 0 Å². The fraction of sp³-hybridized carbons (Fsp3) is 0.600. The van der Waals surface area contributed by atoms with E-state index in [1.807, 2.05) is 6.92 Å². The van der Waals surface area contributed by atoms with Gasteiger partial charge in [-0.15, -0.1) is 0 Å². The minimum atomic E-state index is -4.37. The molecule has 1 fully saturated rings. The van der Waals surface area contributed by atoms with E-state index in [9.17, 15) is 18.3 Å². The molecule has 0 aromatic heterocycles. The van der Waals surface area contributed by atoms with Crippen LogP contribution in [0.1, 0.15) is 43.4 Å². The molecule has 0 saturated heterocycles. The number of halogens is 3. The van der Waals surface area contributed by atoms with Crippen LogP contribution in [0.5, 0.6) is 0 Å². The summed E-state index contributed by atoms with van der Waals surface area (Å²) in [5.41, 5.74) is -0.380. The van der Waals surface area contributed by atoms with Crippen molar-refractivity contribution in [2.45, 2.75) is 44.6 Å². The molecular weight excluding hydrogens is 269 g/mol. The van der Waals surface area contributed by atoms with Crippen LogP contribution in [-0.4, -0.2) is 17.8 Å². The summed E-state index contributed by atoms with van der Waals surface area (Å²) in [4.78, 5) is 0. The Bertz CT molecular complexity index is 439. The van der Waals surface area contributed by atoms with Crippen LogP contribution in [0.3, 0.4) is 0 Å². The van der Waals surface area contributed by atoms with E-state index in [0.717, 1.165) is 25.0 Å². The Labute approximate surface area is 116 Å². The normalized spacial score (nSPS) is 24.2. The number of rotatable bonds is 5. The quantitative estimate of drug-likeness (QED) is 0.889. The van der Waals surface area contributed by atoms with E-state index < -0.39 is 17.8 Å². The molecule has 0 heterocycles. The maximum absolute atomic E-state index is 12.6. The van der Waals surface area contributed by atoms with Crippen LogP contribution >= 0.6 is 0 Å². The molecule has 0 amide bonds. The fourth-order valence-corrected chi connectivity index (χ4v) is 2.61. The minimum absolute atomic E-state index is 0.249. The standard InChI is InChI=1S/C15H19F3O2/c1-2-20-13-6-10(7-13)8-14(19)11-4-3-5-12(9-11)15(16,17)18/h3-5,9-10,13-14,19H,2,6-8H2,1H3. The fourth-order valence-electron chi connectivity index (χ4n) is 2.61. The molecule has 0 spiro atoms. The summed E-state index contributed by atoms with van der Waals surface area (Å²) in [5, 5.41) is 10.1. The van der Waals surface area contributed by atoms with E-state index in [-0.39, 0.29) is 6.10 Å². The van der Waals surface area contributed by atoms with E-state index in [1.54, 1.807) is 6.07 Å². The Morgan fingerprint density at radius 1 is 1.35 bits per heavy atom. The molecule has 0 aliphatic heterocycles. The molecule has 2 nitrogen and oxygen atoms in total. The average molecular weight is 288 g/mol. The van der Waals surface area contributed by atoms with Crippen molar-refractivity contribution in [1.29, 1.82) is 0 Å². The summed E-state index contributed by atoms with van der Waals surface area (Å²) < 4.78 is 43.3. The first kappa shape index (κ1) is 15.3. The van der Waals surface area contributed by atoms with Crippen molar-refractivity contribution in [1.82, 2.24) is 0 Å². The van der Waals surface area contributed by atoms with Gasteiger partial charge in [0.25, 0.3) is 0 Å². The van der Waals surface area contributed by atoms with E-state index >= 15 is 0 Å². The van der Waals surface area contributed by atoms with Crippen LogP contribution < -0.4 is 0 Å². The second-order valence-electron chi connectivity index (χ2n) is 5.29. The highest BCUT2D eigenvalue weighted by Gasteiger charge is 2.33. The highest BCUT2D eigenvalue weighted by Crippen LogP contribution is 2.38. The topological polar surface area (TPSA) is 29.5 Å². The third-order valence-corrected chi connectivity index (χ3v) is 3.75. The third kappa shape index (κ3) is 3.73. The van der Waals surface area contributed by atoms with Crippen LogP contribution in [0.4, 0.5) is 13.2 Å². The second-order valence-corrected chi connectivity index (χ2v) is 5.29. The number of hydrogen-bond donors (Lipinski definition) is 1. The molecule has 2 rings (SSSR count). The highest BCUT2D eigenvalue weighted by molar-refractivity contribution is 5.27. The molecule has 5 heteroatoms. The number of aliphatic hydroxyl groups is 1. The number of hydrogen-bond acceptors (Lipinski definition) is 2. The second kappa shape index (κ2) is 6.14. The molecule has 112 valence electrons. The van der Waals surface area contributed by atoms with Gasteiger partial charge in [0, 0.05) is 6.61 Å². The van der Waals surface area contributed by atoms with Crippen molar-refractivity contribution >= 4 is 0 Å². The monoisotopic (exact) mass is 288 g/mol. The maximum atomic E-state index is 12.6. The zero-order valence-corrected chi connectivity index (χ0v) is 11.4. The van der Waals surface area contributed by atoms with Crippen molar-refractivity contribution in [3.63, 3.8) is 0 Å². The van der Waals surface area contributed by atoms with Gasteiger partial charge in [-0.1, -0.05) is 12.1 Å². The summed E-state index contributed by atoms with van der Waals surface area (Å²) in [7, 11) is 0. The van der Waals surface area contributed by atoms with Crippen LogP contribution in [0, 0.1) is 5.92 Å². The Balaban J connectivity index is 1.92. The average Bonchev–Trinajstić information content (AvgIpc) is 2.35. The van der Waals surface area contributed by atoms with Crippen molar-refractivity contribution in [2.24, 2.45) is 5.92 Å². The first-order valence-electron chi connectivity index (χ1n) is 6.87. The largest absolute Gasteiger partial charge is 0.416 e. The lowest BCUT2D eigenvalue weighted by molar-refractivity contribution is -0.137. The Hall–Kier alpha value is -1.07. The smallest absolute Gasteiger partial charge is 0.388 e.